The number of rotatable bonds is 6. The second-order valence-corrected chi connectivity index (χ2v) is 11.1. The van der Waals surface area contributed by atoms with Crippen molar-refractivity contribution < 1.29 is 8.83 Å². The molecule has 5 aromatic rings. The number of hydrogen-bond acceptors (Lipinski definition) is 4. The van der Waals surface area contributed by atoms with Gasteiger partial charge in [-0.05, 0) is 54.8 Å². The molecule has 0 N–H and O–H groups in total. The zero-order valence-electron chi connectivity index (χ0n) is 17.4. The molecule has 2 heterocycles. The second kappa shape index (κ2) is 10.1. The van der Waals surface area contributed by atoms with Crippen molar-refractivity contribution in [1.29, 1.82) is 0 Å². The van der Waals surface area contributed by atoms with Gasteiger partial charge in [0.05, 0.1) is 6.26 Å². The van der Waals surface area contributed by atoms with Gasteiger partial charge in [-0.15, -0.1) is 24.0 Å². The molecule has 2 aromatic heterocycles. The number of furan rings is 1. The summed E-state index contributed by atoms with van der Waals surface area (Å²) in [4.78, 5) is 5.09. The van der Waals surface area contributed by atoms with Crippen LogP contribution in [0.15, 0.2) is 123 Å². The molecule has 5 rings (SSSR count). The molecular weight excluding hydrogens is 548 g/mol. The van der Waals surface area contributed by atoms with Crippen molar-refractivity contribution in [3.05, 3.63) is 109 Å². The third kappa shape index (κ3) is 3.94. The monoisotopic (exact) mass is 570 g/mol. The summed E-state index contributed by atoms with van der Waals surface area (Å²) >= 11 is 1.58. The van der Waals surface area contributed by atoms with Crippen LogP contribution in [-0.2, 0) is 0 Å². The van der Waals surface area contributed by atoms with E-state index in [2.05, 4.69) is 91.0 Å². The first-order valence-electron chi connectivity index (χ1n) is 9.99. The number of benzene rings is 3. The molecular formula is C26H22INO2PS+. The third-order valence-electron chi connectivity index (χ3n) is 5.24. The van der Waals surface area contributed by atoms with Gasteiger partial charge in [0.15, 0.2) is 13.0 Å². The van der Waals surface area contributed by atoms with E-state index in [-0.39, 0.29) is 24.0 Å². The maximum absolute atomic E-state index is 6.26. The maximum atomic E-state index is 6.26. The Morgan fingerprint density at radius 1 is 0.688 bits per heavy atom. The van der Waals surface area contributed by atoms with Gasteiger partial charge >= 0.3 is 0 Å². The Balaban J connectivity index is 0.00000245. The molecule has 0 saturated heterocycles. The molecule has 0 atom stereocenters. The highest BCUT2D eigenvalue weighted by atomic mass is 127. The highest BCUT2D eigenvalue weighted by molar-refractivity contribution is 14.0. The molecule has 3 nitrogen and oxygen atoms in total. The first-order valence-corrected chi connectivity index (χ1v) is 13.0. The minimum absolute atomic E-state index is 0. The SMILES string of the molecule is CSc1oc(-c2ccco2)nc1[P+](c1ccccc1)(c1ccccc1)c1ccccc1.I. The minimum Gasteiger partial charge on any atom is -0.459 e. The van der Waals surface area contributed by atoms with Gasteiger partial charge in [0.2, 0.25) is 5.09 Å². The van der Waals surface area contributed by atoms with Crippen molar-refractivity contribution >= 4 is 64.3 Å². The van der Waals surface area contributed by atoms with Crippen LogP contribution in [-0.4, -0.2) is 11.2 Å². The first-order chi connectivity index (χ1) is 15.3. The highest BCUT2D eigenvalue weighted by Crippen LogP contribution is 2.55. The van der Waals surface area contributed by atoms with Gasteiger partial charge in [0.1, 0.15) is 15.9 Å². The molecule has 0 saturated carbocycles. The van der Waals surface area contributed by atoms with E-state index >= 15 is 0 Å². The molecule has 0 bridgehead atoms. The largest absolute Gasteiger partial charge is 0.459 e. The molecule has 6 heteroatoms. The quantitative estimate of drug-likeness (QED) is 0.145. The minimum atomic E-state index is -2.31. The molecule has 3 aromatic carbocycles. The van der Waals surface area contributed by atoms with Gasteiger partial charge in [-0.3, -0.25) is 0 Å². The number of hydrogen-bond donors (Lipinski definition) is 0. The van der Waals surface area contributed by atoms with Crippen molar-refractivity contribution in [2.45, 2.75) is 5.09 Å². The molecule has 0 spiro atoms. The Morgan fingerprint density at radius 2 is 1.19 bits per heavy atom. The number of halogens is 1. The number of nitrogens with zero attached hydrogens (tertiary/aromatic N) is 1. The Bertz CT molecular complexity index is 1160. The summed E-state index contributed by atoms with van der Waals surface area (Å²) in [5.74, 6) is 1.14. The zero-order valence-corrected chi connectivity index (χ0v) is 21.5. The van der Waals surface area contributed by atoms with Crippen LogP contribution in [0.2, 0.25) is 0 Å². The lowest BCUT2D eigenvalue weighted by molar-refractivity contribution is 0.462. The summed E-state index contributed by atoms with van der Waals surface area (Å²) in [6, 6.07) is 35.7. The average Bonchev–Trinajstić information content (AvgIpc) is 3.52. The van der Waals surface area contributed by atoms with E-state index in [1.165, 1.54) is 15.9 Å². The summed E-state index contributed by atoms with van der Waals surface area (Å²) in [6.45, 7) is 0. The van der Waals surface area contributed by atoms with Gasteiger partial charge in [-0.2, -0.15) is 4.98 Å². The van der Waals surface area contributed by atoms with Crippen molar-refractivity contribution in [2.75, 3.05) is 6.26 Å². The summed E-state index contributed by atoms with van der Waals surface area (Å²) in [6.07, 6.45) is 3.68. The van der Waals surface area contributed by atoms with E-state index in [1.54, 1.807) is 18.0 Å². The van der Waals surface area contributed by atoms with E-state index in [4.69, 9.17) is 13.8 Å². The molecule has 0 radical (unpaired) electrons. The Hall–Kier alpha value is -2.34. The van der Waals surface area contributed by atoms with Crippen LogP contribution in [0.4, 0.5) is 0 Å². The van der Waals surface area contributed by atoms with Crippen LogP contribution in [0.25, 0.3) is 11.7 Å². The molecule has 0 unspecified atom stereocenters. The summed E-state index contributed by atoms with van der Waals surface area (Å²) in [7, 11) is -2.31. The molecule has 32 heavy (non-hydrogen) atoms. The van der Waals surface area contributed by atoms with Crippen LogP contribution in [0.3, 0.4) is 0 Å². The predicted molar refractivity (Wildman–Crippen MR) is 146 cm³/mol. The number of thioether (sulfide) groups is 1. The fourth-order valence-electron chi connectivity index (χ4n) is 3.92. The lowest BCUT2D eigenvalue weighted by atomic mass is 10.4. The van der Waals surface area contributed by atoms with E-state index in [0.29, 0.717) is 11.7 Å². The molecule has 0 aliphatic rings. The lowest BCUT2D eigenvalue weighted by Gasteiger charge is -2.25. The van der Waals surface area contributed by atoms with Gasteiger partial charge in [0.25, 0.3) is 11.3 Å². The smallest absolute Gasteiger partial charge is 0.267 e. The first kappa shape index (κ1) is 22.8. The fourth-order valence-corrected chi connectivity index (χ4v) is 9.04. The third-order valence-corrected chi connectivity index (χ3v) is 10.2. The summed E-state index contributed by atoms with van der Waals surface area (Å²) < 4.78 is 11.9. The molecule has 0 amide bonds. The molecule has 0 aliphatic carbocycles. The average molecular weight is 570 g/mol. The van der Waals surface area contributed by atoms with Gasteiger partial charge < -0.3 is 8.83 Å². The van der Waals surface area contributed by atoms with Gasteiger partial charge in [-0.25, -0.2) is 0 Å². The topological polar surface area (TPSA) is 39.2 Å². The second-order valence-electron chi connectivity index (χ2n) is 6.99. The fraction of sp³-hybridized carbons (Fsp3) is 0.0385. The van der Waals surface area contributed by atoms with Gasteiger partial charge in [0, 0.05) is 0 Å². The van der Waals surface area contributed by atoms with E-state index in [9.17, 15) is 0 Å². The van der Waals surface area contributed by atoms with Crippen LogP contribution in [0.1, 0.15) is 0 Å². The normalized spacial score (nSPS) is 11.2. The maximum Gasteiger partial charge on any atom is 0.267 e. The van der Waals surface area contributed by atoms with Crippen LogP contribution in [0, 0.1) is 0 Å². The Kier molecular flexibility index (Phi) is 7.19. The van der Waals surface area contributed by atoms with Crippen molar-refractivity contribution in [3.63, 3.8) is 0 Å². The molecule has 0 fully saturated rings. The van der Waals surface area contributed by atoms with E-state index in [0.717, 1.165) is 10.5 Å². The van der Waals surface area contributed by atoms with Crippen molar-refractivity contribution in [3.8, 4) is 11.7 Å². The van der Waals surface area contributed by atoms with E-state index < -0.39 is 7.26 Å². The standard InChI is InChI=1S/C26H21NO2PS.HI/c1-31-26-25(27-24(29-26)23-18-11-19-28-23)30(20-12-5-2-6-13-20,21-14-7-3-8-15-21)22-16-9-4-10-17-22;/h2-19H,1H3;1H/q+1;. The zero-order chi connectivity index (χ0) is 21.1. The van der Waals surface area contributed by atoms with Crippen LogP contribution < -0.4 is 21.3 Å². The Labute approximate surface area is 209 Å². The Morgan fingerprint density at radius 3 is 1.59 bits per heavy atom. The molecule has 0 aliphatic heterocycles. The highest BCUT2D eigenvalue weighted by Gasteiger charge is 2.52. The predicted octanol–water partition coefficient (Wildman–Crippen LogP) is 5.89. The number of aromatic nitrogens is 1. The lowest BCUT2D eigenvalue weighted by Crippen LogP contribution is -2.39. The van der Waals surface area contributed by atoms with Crippen LogP contribution in [0.5, 0.6) is 0 Å². The van der Waals surface area contributed by atoms with Crippen molar-refractivity contribution in [1.82, 2.24) is 4.98 Å². The number of oxazole rings is 1. The van der Waals surface area contributed by atoms with Crippen molar-refractivity contribution in [2.24, 2.45) is 0 Å². The molecule has 160 valence electrons. The van der Waals surface area contributed by atoms with Crippen LogP contribution >= 0.6 is 43.0 Å². The summed E-state index contributed by atoms with van der Waals surface area (Å²) in [5, 5.41) is 4.53. The van der Waals surface area contributed by atoms with Gasteiger partial charge in [-0.1, -0.05) is 66.4 Å². The summed E-state index contributed by atoms with van der Waals surface area (Å²) in [5.41, 5.74) is 0.968. The van der Waals surface area contributed by atoms with E-state index in [1.807, 2.05) is 18.4 Å².